The van der Waals surface area contributed by atoms with Crippen LogP contribution in [0.3, 0.4) is 0 Å². The first-order valence-electron chi connectivity index (χ1n) is 9.51. The van der Waals surface area contributed by atoms with E-state index in [1.807, 2.05) is 43.9 Å². The highest BCUT2D eigenvalue weighted by Gasteiger charge is 2.35. The first kappa shape index (κ1) is 20.5. The normalized spacial score (nSPS) is 17.0. The van der Waals surface area contributed by atoms with Crippen molar-refractivity contribution in [1.82, 2.24) is 4.90 Å². The number of hydrogen-bond donors (Lipinski definition) is 1. The number of nitrogens with two attached hydrogens (primary N) is 1. The van der Waals surface area contributed by atoms with Gasteiger partial charge in [-0.2, -0.15) is 0 Å². The third kappa shape index (κ3) is 4.41. The van der Waals surface area contributed by atoms with E-state index in [-0.39, 0.29) is 17.8 Å². The largest absolute Gasteiger partial charge is 0.398 e. The zero-order valence-corrected chi connectivity index (χ0v) is 17.3. The third-order valence-electron chi connectivity index (χ3n) is 5.15. The summed E-state index contributed by atoms with van der Waals surface area (Å²) in [6.07, 6.45) is 0.818. The Balaban J connectivity index is 1.89. The number of amides is 1. The Hall–Kier alpha value is -2.27. The van der Waals surface area contributed by atoms with Crippen LogP contribution >= 0.6 is 11.6 Å². The van der Waals surface area contributed by atoms with Crippen LogP contribution in [0.25, 0.3) is 0 Å². The van der Waals surface area contributed by atoms with Crippen LogP contribution in [0.1, 0.15) is 32.8 Å². The smallest absolute Gasteiger partial charge is 0.228 e. The third-order valence-corrected chi connectivity index (χ3v) is 5.47. The number of likely N-dealkylation sites (tertiary alicyclic amines) is 1. The van der Waals surface area contributed by atoms with E-state index in [1.165, 1.54) is 6.07 Å². The zero-order valence-electron chi connectivity index (χ0n) is 16.6. The summed E-state index contributed by atoms with van der Waals surface area (Å²) in [6.45, 7) is 7.48. The van der Waals surface area contributed by atoms with Crippen LogP contribution in [-0.2, 0) is 11.3 Å². The van der Waals surface area contributed by atoms with E-state index < -0.39 is 5.41 Å². The van der Waals surface area contributed by atoms with Crippen molar-refractivity contribution in [3.05, 3.63) is 58.9 Å². The number of benzene rings is 2. The molecule has 2 aromatic carbocycles. The summed E-state index contributed by atoms with van der Waals surface area (Å²) in [5, 5.41) is 0.469. The Morgan fingerprint density at radius 1 is 1.29 bits per heavy atom. The molecule has 4 nitrogen and oxygen atoms in total. The molecule has 0 radical (unpaired) electrons. The highest BCUT2D eigenvalue weighted by atomic mass is 35.5. The molecule has 0 bridgehead atoms. The maximum absolute atomic E-state index is 14.3. The monoisotopic (exact) mass is 403 g/mol. The number of carbonyl (C=O) groups is 1. The number of nitrogens with zero attached hydrogens (tertiary/aromatic N) is 2. The fraction of sp³-hybridized carbons (Fsp3) is 0.409. The van der Waals surface area contributed by atoms with Gasteiger partial charge in [0.05, 0.1) is 10.7 Å². The maximum Gasteiger partial charge on any atom is 0.228 e. The molecule has 6 heteroatoms. The molecule has 1 fully saturated rings. The first-order chi connectivity index (χ1) is 13.2. The molecule has 0 aliphatic carbocycles. The lowest BCUT2D eigenvalue weighted by Crippen LogP contribution is -2.42. The SMILES string of the molecule is CC(C)(C)C(=O)N1CCC(N(Cc2ccccc2F)c2ccc(N)c(Cl)c2)C1. The van der Waals surface area contributed by atoms with Gasteiger partial charge < -0.3 is 15.5 Å². The molecule has 0 saturated carbocycles. The van der Waals surface area contributed by atoms with Gasteiger partial charge in [-0.05, 0) is 30.7 Å². The van der Waals surface area contributed by atoms with Crippen molar-refractivity contribution in [2.24, 2.45) is 5.41 Å². The van der Waals surface area contributed by atoms with Gasteiger partial charge >= 0.3 is 0 Å². The molecule has 1 aliphatic rings. The molecule has 0 aromatic heterocycles. The van der Waals surface area contributed by atoms with Crippen molar-refractivity contribution in [1.29, 1.82) is 0 Å². The molecular formula is C22H27ClFN3O. The highest BCUT2D eigenvalue weighted by Crippen LogP contribution is 2.31. The van der Waals surface area contributed by atoms with Crippen LogP contribution in [0.15, 0.2) is 42.5 Å². The van der Waals surface area contributed by atoms with E-state index in [0.29, 0.717) is 35.9 Å². The van der Waals surface area contributed by atoms with E-state index in [9.17, 15) is 9.18 Å². The lowest BCUT2D eigenvalue weighted by atomic mass is 9.95. The second-order valence-corrected chi connectivity index (χ2v) is 8.78. The number of nitrogen functional groups attached to an aromatic ring is 1. The summed E-state index contributed by atoms with van der Waals surface area (Å²) in [5.41, 5.74) is 7.43. The van der Waals surface area contributed by atoms with E-state index in [4.69, 9.17) is 17.3 Å². The summed E-state index contributed by atoms with van der Waals surface area (Å²) in [6, 6.07) is 12.3. The quantitative estimate of drug-likeness (QED) is 0.752. The van der Waals surface area contributed by atoms with Crippen molar-refractivity contribution in [3.63, 3.8) is 0 Å². The van der Waals surface area contributed by atoms with Crippen molar-refractivity contribution in [2.45, 2.75) is 39.8 Å². The average Bonchev–Trinajstić information content (AvgIpc) is 3.11. The van der Waals surface area contributed by atoms with Crippen LogP contribution in [0.4, 0.5) is 15.8 Å². The van der Waals surface area contributed by atoms with E-state index in [1.54, 1.807) is 18.2 Å². The lowest BCUT2D eigenvalue weighted by molar-refractivity contribution is -0.138. The number of anilines is 2. The minimum absolute atomic E-state index is 0.0746. The van der Waals surface area contributed by atoms with E-state index in [0.717, 1.165) is 12.1 Å². The average molecular weight is 404 g/mol. The van der Waals surface area contributed by atoms with Crippen LogP contribution in [-0.4, -0.2) is 29.9 Å². The van der Waals surface area contributed by atoms with Crippen molar-refractivity contribution >= 4 is 28.9 Å². The van der Waals surface area contributed by atoms with Crippen LogP contribution in [0.5, 0.6) is 0 Å². The molecule has 0 spiro atoms. The van der Waals surface area contributed by atoms with Crippen molar-refractivity contribution < 1.29 is 9.18 Å². The van der Waals surface area contributed by atoms with Crippen LogP contribution in [0, 0.1) is 11.2 Å². The Labute approximate surface area is 171 Å². The second kappa shape index (κ2) is 8.00. The topological polar surface area (TPSA) is 49.6 Å². The number of rotatable bonds is 4. The second-order valence-electron chi connectivity index (χ2n) is 8.37. The summed E-state index contributed by atoms with van der Waals surface area (Å²) >= 11 is 6.25. The van der Waals surface area contributed by atoms with Gasteiger partial charge in [-0.25, -0.2) is 4.39 Å². The van der Waals surface area contributed by atoms with Gasteiger partial charge in [0.1, 0.15) is 5.82 Å². The number of halogens is 2. The van der Waals surface area contributed by atoms with Gasteiger partial charge in [0.25, 0.3) is 0 Å². The molecule has 28 heavy (non-hydrogen) atoms. The maximum atomic E-state index is 14.3. The Morgan fingerprint density at radius 3 is 2.64 bits per heavy atom. The molecule has 1 amide bonds. The van der Waals surface area contributed by atoms with Gasteiger partial charge in [-0.3, -0.25) is 4.79 Å². The summed E-state index contributed by atoms with van der Waals surface area (Å²) < 4.78 is 14.3. The van der Waals surface area contributed by atoms with Gasteiger partial charge in [0.15, 0.2) is 0 Å². The standard InChI is InChI=1S/C22H27ClFN3O/c1-22(2,3)21(28)26-11-10-17(14-26)27(13-15-6-4-5-7-19(15)24)16-8-9-20(25)18(23)12-16/h4-9,12,17H,10-11,13-14,25H2,1-3H3. The van der Waals surface area contributed by atoms with Gasteiger partial charge in [-0.15, -0.1) is 0 Å². The summed E-state index contributed by atoms with van der Waals surface area (Å²) in [5.74, 6) is -0.106. The predicted molar refractivity (Wildman–Crippen MR) is 113 cm³/mol. The van der Waals surface area contributed by atoms with Crippen molar-refractivity contribution in [3.8, 4) is 0 Å². The van der Waals surface area contributed by atoms with E-state index in [2.05, 4.69) is 4.90 Å². The van der Waals surface area contributed by atoms with Crippen LogP contribution < -0.4 is 10.6 Å². The zero-order chi connectivity index (χ0) is 20.5. The molecular weight excluding hydrogens is 377 g/mol. The Bertz CT molecular complexity index is 865. The fourth-order valence-corrected chi connectivity index (χ4v) is 3.77. The predicted octanol–water partition coefficient (Wildman–Crippen LogP) is 4.71. The van der Waals surface area contributed by atoms with Gasteiger partial charge in [0, 0.05) is 42.3 Å². The van der Waals surface area contributed by atoms with Crippen LogP contribution in [0.2, 0.25) is 5.02 Å². The minimum atomic E-state index is -0.421. The summed E-state index contributed by atoms with van der Waals surface area (Å²) in [4.78, 5) is 16.7. The Morgan fingerprint density at radius 2 is 2.00 bits per heavy atom. The highest BCUT2D eigenvalue weighted by molar-refractivity contribution is 6.33. The van der Waals surface area contributed by atoms with Gasteiger partial charge in [-0.1, -0.05) is 50.6 Å². The molecule has 1 atom stereocenters. The molecule has 3 rings (SSSR count). The number of hydrogen-bond acceptors (Lipinski definition) is 3. The molecule has 2 aromatic rings. The molecule has 1 heterocycles. The minimum Gasteiger partial charge on any atom is -0.398 e. The number of carbonyl (C=O) groups excluding carboxylic acids is 1. The summed E-state index contributed by atoms with van der Waals surface area (Å²) in [7, 11) is 0. The Kier molecular flexibility index (Phi) is 5.84. The van der Waals surface area contributed by atoms with E-state index >= 15 is 0 Å². The van der Waals surface area contributed by atoms with Gasteiger partial charge in [0.2, 0.25) is 5.91 Å². The first-order valence-corrected chi connectivity index (χ1v) is 9.89. The van der Waals surface area contributed by atoms with Crippen molar-refractivity contribution in [2.75, 3.05) is 23.7 Å². The fourth-order valence-electron chi connectivity index (χ4n) is 3.59. The molecule has 2 N–H and O–H groups in total. The molecule has 150 valence electrons. The molecule has 1 aliphatic heterocycles. The lowest BCUT2D eigenvalue weighted by Gasteiger charge is -2.32. The molecule has 1 unspecified atom stereocenters. The molecule has 1 saturated heterocycles.